The molecule has 0 aliphatic carbocycles. The van der Waals surface area contributed by atoms with Gasteiger partial charge in [0.2, 0.25) is 11.8 Å². The number of amides is 2. The van der Waals surface area contributed by atoms with Gasteiger partial charge in [-0.25, -0.2) is 8.78 Å². The number of hydrogen-bond donors (Lipinski definition) is 1. The fraction of sp³-hybridized carbons (Fsp3) is 0.214. The zero-order valence-corrected chi connectivity index (χ0v) is 21.4. The van der Waals surface area contributed by atoms with Gasteiger partial charge in [-0.1, -0.05) is 17.7 Å². The number of benzene rings is 3. The van der Waals surface area contributed by atoms with Crippen LogP contribution < -0.4 is 10.1 Å². The molecule has 0 spiro atoms. The van der Waals surface area contributed by atoms with Crippen LogP contribution >= 0.6 is 11.6 Å². The average Bonchev–Trinajstić information content (AvgIpc) is 3.58. The van der Waals surface area contributed by atoms with Gasteiger partial charge in [-0.3, -0.25) is 9.59 Å². The summed E-state index contributed by atoms with van der Waals surface area (Å²) < 4.78 is 32.3. The number of halogens is 3. The lowest BCUT2D eigenvalue weighted by molar-refractivity contribution is -0.137. The highest BCUT2D eigenvalue weighted by atomic mass is 35.5. The van der Waals surface area contributed by atoms with Crippen molar-refractivity contribution in [2.45, 2.75) is 25.4 Å². The molecule has 5 rings (SSSR count). The first-order valence-corrected chi connectivity index (χ1v) is 12.6. The summed E-state index contributed by atoms with van der Waals surface area (Å²) >= 11 is 6.23. The number of anilines is 1. The minimum Gasteiger partial charge on any atom is -0.457 e. The molecule has 0 radical (unpaired) electrons. The predicted molar refractivity (Wildman–Crippen MR) is 140 cm³/mol. The maximum atomic E-state index is 13.5. The summed E-state index contributed by atoms with van der Waals surface area (Å²) in [6, 6.07) is 15.9. The fourth-order valence-corrected chi connectivity index (χ4v) is 4.85. The van der Waals surface area contributed by atoms with E-state index in [1.807, 2.05) is 0 Å². The van der Waals surface area contributed by atoms with Gasteiger partial charge in [0, 0.05) is 17.3 Å². The molecule has 2 heterocycles. The molecular weight excluding hydrogens is 528 g/mol. The SMILES string of the molecule is O=C(Nc1ccc(Oc2ccc(F)cc2)cc1)[C@@H]1CC(Cc2ccc(F)cc2Cl)CN1C(=O)Cn1nccn1. The second kappa shape index (κ2) is 11.6. The van der Waals surface area contributed by atoms with Crippen molar-refractivity contribution in [1.29, 1.82) is 0 Å². The molecule has 1 aliphatic heterocycles. The molecule has 2 atom stereocenters. The first kappa shape index (κ1) is 26.3. The Morgan fingerprint density at radius 1 is 0.949 bits per heavy atom. The summed E-state index contributed by atoms with van der Waals surface area (Å²) in [4.78, 5) is 29.3. The normalized spacial score (nSPS) is 16.7. The third-order valence-electron chi connectivity index (χ3n) is 6.45. The lowest BCUT2D eigenvalue weighted by Crippen LogP contribution is -2.44. The maximum absolute atomic E-state index is 13.5. The maximum Gasteiger partial charge on any atom is 0.247 e. The molecule has 39 heavy (non-hydrogen) atoms. The lowest BCUT2D eigenvalue weighted by Gasteiger charge is -2.24. The number of carbonyl (C=O) groups excluding carboxylic acids is 2. The molecule has 1 fully saturated rings. The zero-order chi connectivity index (χ0) is 27.4. The molecule has 200 valence electrons. The van der Waals surface area contributed by atoms with Crippen molar-refractivity contribution in [2.24, 2.45) is 5.92 Å². The standard InChI is InChI=1S/C28H24ClF2N5O3/c29-25-15-21(31)2-1-19(25)13-18-14-26(35(16-18)27(37)17-36-32-11-12-33-36)28(38)34-22-5-9-24(10-6-22)39-23-7-3-20(30)4-8-23/h1-12,15,18,26H,13-14,16-17H2,(H,34,38)/t18?,26-/m0/s1. The third-order valence-corrected chi connectivity index (χ3v) is 6.80. The van der Waals surface area contributed by atoms with E-state index in [4.69, 9.17) is 16.3 Å². The predicted octanol–water partition coefficient (Wildman–Crippen LogP) is 5.10. The lowest BCUT2D eigenvalue weighted by atomic mass is 9.96. The quantitative estimate of drug-likeness (QED) is 0.329. The molecule has 8 nitrogen and oxygen atoms in total. The van der Waals surface area contributed by atoms with Crippen LogP contribution in [-0.4, -0.2) is 44.3 Å². The molecule has 2 amide bonds. The van der Waals surface area contributed by atoms with E-state index in [2.05, 4.69) is 15.5 Å². The van der Waals surface area contributed by atoms with Crippen LogP contribution in [0.4, 0.5) is 14.5 Å². The van der Waals surface area contributed by atoms with Gasteiger partial charge in [0.25, 0.3) is 0 Å². The minimum atomic E-state index is -0.729. The van der Waals surface area contributed by atoms with Crippen molar-refractivity contribution in [3.63, 3.8) is 0 Å². The van der Waals surface area contributed by atoms with E-state index in [9.17, 15) is 18.4 Å². The summed E-state index contributed by atoms with van der Waals surface area (Å²) in [5, 5.41) is 11.2. The molecule has 4 aromatic rings. The van der Waals surface area contributed by atoms with Crippen LogP contribution in [0.25, 0.3) is 0 Å². The third kappa shape index (κ3) is 6.58. The van der Waals surface area contributed by atoms with E-state index in [-0.39, 0.29) is 30.1 Å². The molecule has 0 bridgehead atoms. The summed E-state index contributed by atoms with van der Waals surface area (Å²) in [7, 11) is 0. The molecule has 1 saturated heterocycles. The van der Waals surface area contributed by atoms with Crippen LogP contribution in [0.2, 0.25) is 5.02 Å². The number of likely N-dealkylation sites (tertiary alicyclic amines) is 1. The monoisotopic (exact) mass is 551 g/mol. The molecule has 1 N–H and O–H groups in total. The summed E-state index contributed by atoms with van der Waals surface area (Å²) in [5.41, 5.74) is 1.28. The number of rotatable bonds is 8. The van der Waals surface area contributed by atoms with Crippen molar-refractivity contribution in [1.82, 2.24) is 19.9 Å². The average molecular weight is 552 g/mol. The van der Waals surface area contributed by atoms with E-state index in [0.29, 0.717) is 41.6 Å². The highest BCUT2D eigenvalue weighted by Crippen LogP contribution is 2.31. The Bertz CT molecular complexity index is 1450. The minimum absolute atomic E-state index is 0.0651. The zero-order valence-electron chi connectivity index (χ0n) is 20.6. The van der Waals surface area contributed by atoms with Gasteiger partial charge < -0.3 is 15.0 Å². The van der Waals surface area contributed by atoms with Gasteiger partial charge in [0.1, 0.15) is 35.7 Å². The van der Waals surface area contributed by atoms with E-state index >= 15 is 0 Å². The van der Waals surface area contributed by atoms with Crippen molar-refractivity contribution < 1.29 is 23.1 Å². The Kier molecular flexibility index (Phi) is 7.83. The number of aromatic nitrogens is 3. The summed E-state index contributed by atoms with van der Waals surface area (Å²) in [5.74, 6) is -0.482. The second-order valence-corrected chi connectivity index (χ2v) is 9.64. The van der Waals surface area contributed by atoms with Crippen LogP contribution in [0.15, 0.2) is 79.1 Å². The van der Waals surface area contributed by atoms with E-state index < -0.39 is 11.9 Å². The summed E-state index contributed by atoms with van der Waals surface area (Å²) in [6.07, 6.45) is 3.85. The van der Waals surface area contributed by atoms with Crippen LogP contribution in [0, 0.1) is 17.6 Å². The van der Waals surface area contributed by atoms with Gasteiger partial charge in [-0.2, -0.15) is 15.0 Å². The highest BCUT2D eigenvalue weighted by molar-refractivity contribution is 6.31. The second-order valence-electron chi connectivity index (χ2n) is 9.23. The van der Waals surface area contributed by atoms with Crippen LogP contribution in [0.1, 0.15) is 12.0 Å². The Morgan fingerprint density at radius 3 is 2.26 bits per heavy atom. The number of nitrogens with zero attached hydrogens (tertiary/aromatic N) is 4. The van der Waals surface area contributed by atoms with E-state index in [1.54, 1.807) is 30.3 Å². The van der Waals surface area contributed by atoms with Crippen molar-refractivity contribution >= 4 is 29.1 Å². The Morgan fingerprint density at radius 2 is 1.59 bits per heavy atom. The number of ether oxygens (including phenoxy) is 1. The van der Waals surface area contributed by atoms with Gasteiger partial charge in [0.15, 0.2) is 0 Å². The fourth-order valence-electron chi connectivity index (χ4n) is 4.60. The van der Waals surface area contributed by atoms with Crippen LogP contribution in [0.3, 0.4) is 0 Å². The van der Waals surface area contributed by atoms with Gasteiger partial charge in [-0.05, 0) is 85.0 Å². The first-order valence-electron chi connectivity index (χ1n) is 12.3. The Balaban J connectivity index is 1.28. The molecule has 0 saturated carbocycles. The van der Waals surface area contributed by atoms with E-state index in [0.717, 1.165) is 5.56 Å². The van der Waals surface area contributed by atoms with Crippen molar-refractivity contribution in [2.75, 3.05) is 11.9 Å². The Labute approximate surface area is 228 Å². The topological polar surface area (TPSA) is 89.4 Å². The van der Waals surface area contributed by atoms with Gasteiger partial charge in [-0.15, -0.1) is 0 Å². The molecule has 3 aromatic carbocycles. The number of nitrogens with one attached hydrogen (secondary N) is 1. The first-order chi connectivity index (χ1) is 18.8. The van der Waals surface area contributed by atoms with Crippen molar-refractivity contribution in [3.8, 4) is 11.5 Å². The smallest absolute Gasteiger partial charge is 0.247 e. The number of hydrogen-bond acceptors (Lipinski definition) is 5. The van der Waals surface area contributed by atoms with E-state index in [1.165, 1.54) is 58.5 Å². The number of carbonyl (C=O) groups is 2. The molecular formula is C28H24ClF2N5O3. The van der Waals surface area contributed by atoms with Crippen LogP contribution in [0.5, 0.6) is 11.5 Å². The van der Waals surface area contributed by atoms with Crippen molar-refractivity contribution in [3.05, 3.63) is 101 Å². The van der Waals surface area contributed by atoms with Crippen LogP contribution in [-0.2, 0) is 22.6 Å². The van der Waals surface area contributed by atoms with Gasteiger partial charge >= 0.3 is 0 Å². The van der Waals surface area contributed by atoms with Gasteiger partial charge in [0.05, 0.1) is 12.4 Å². The highest BCUT2D eigenvalue weighted by Gasteiger charge is 2.39. The molecule has 11 heteroatoms. The molecule has 1 aliphatic rings. The molecule has 1 aromatic heterocycles. The Hall–Kier alpha value is -4.31. The summed E-state index contributed by atoms with van der Waals surface area (Å²) in [6.45, 7) is 0.229. The largest absolute Gasteiger partial charge is 0.457 e. The molecule has 1 unspecified atom stereocenters.